The zero-order valence-electron chi connectivity index (χ0n) is 22.7. The van der Waals surface area contributed by atoms with Crippen molar-refractivity contribution >= 4 is 33.1 Å². The molecule has 3 heterocycles. The number of nitrogens with zero attached hydrogens (tertiary/aromatic N) is 1. The number of amides is 1. The fourth-order valence-electron chi connectivity index (χ4n) is 5.46. The average Bonchev–Trinajstić information content (AvgIpc) is 3.45. The van der Waals surface area contributed by atoms with Gasteiger partial charge in [0.2, 0.25) is 0 Å². The number of carbonyl (C=O) groups excluding carboxylic acids is 2. The molecule has 2 aromatic rings. The number of sulfone groups is 1. The lowest BCUT2D eigenvalue weighted by Crippen LogP contribution is -2.51. The number of thiophene rings is 1. The van der Waals surface area contributed by atoms with Crippen molar-refractivity contribution in [2.24, 2.45) is 0 Å². The Hall–Kier alpha value is -2.23. The molecule has 0 N–H and O–H groups in total. The first kappa shape index (κ1) is 27.3. The molecular formula is C29H37NO6S2. The van der Waals surface area contributed by atoms with Crippen molar-refractivity contribution in [1.29, 1.82) is 0 Å². The van der Waals surface area contributed by atoms with Crippen LogP contribution < -0.4 is 0 Å². The fourth-order valence-corrected chi connectivity index (χ4v) is 7.68. The third kappa shape index (κ3) is 5.56. The number of rotatable bonds is 6. The van der Waals surface area contributed by atoms with Crippen molar-refractivity contribution in [2.45, 2.75) is 94.3 Å². The number of aryl methyl sites for hydroxylation is 1. The fraction of sp³-hybridized carbons (Fsp3) is 0.586. The summed E-state index contributed by atoms with van der Waals surface area (Å²) in [6, 6.07) is 8.93. The van der Waals surface area contributed by atoms with E-state index in [1.54, 1.807) is 47.4 Å². The Morgan fingerprint density at radius 2 is 1.74 bits per heavy atom. The normalized spacial score (nSPS) is 19.8. The average molecular weight is 560 g/mol. The lowest BCUT2D eigenvalue weighted by atomic mass is 9.83. The number of benzene rings is 1. The summed E-state index contributed by atoms with van der Waals surface area (Å²) in [5.41, 5.74) is 1.06. The second kappa shape index (κ2) is 9.75. The molecule has 0 radical (unpaired) electrons. The van der Waals surface area contributed by atoms with Gasteiger partial charge in [0.05, 0.1) is 21.1 Å². The Bertz CT molecular complexity index is 1320. The minimum absolute atomic E-state index is 0.0689. The molecule has 0 atom stereocenters. The van der Waals surface area contributed by atoms with Gasteiger partial charge in [0, 0.05) is 30.8 Å². The number of ketones is 1. The van der Waals surface area contributed by atoms with Gasteiger partial charge in [-0.15, -0.1) is 11.3 Å². The first-order chi connectivity index (χ1) is 17.8. The molecule has 206 valence electrons. The van der Waals surface area contributed by atoms with Crippen LogP contribution in [0.5, 0.6) is 0 Å². The van der Waals surface area contributed by atoms with Gasteiger partial charge in [0.25, 0.3) is 0 Å². The number of carbonyl (C=O) groups is 2. The van der Waals surface area contributed by atoms with Crippen LogP contribution in [-0.2, 0) is 37.8 Å². The minimum Gasteiger partial charge on any atom is -0.444 e. The molecule has 1 saturated carbocycles. The second-order valence-electron chi connectivity index (χ2n) is 11.9. The van der Waals surface area contributed by atoms with Gasteiger partial charge in [-0.05, 0) is 82.2 Å². The standard InChI is InChI=1S/C29H37NO6S2/c1-5-38(33,34)22-9-6-20(7-10-22)8-11-23(31)24-18-21-19-28(12-13-28)36-29(25(21)37-24)14-16-30(17-15-29)26(32)35-27(2,3)4/h6-7,9-10,18H,5,8,11-17,19H2,1-4H3. The molecule has 9 heteroatoms. The van der Waals surface area contributed by atoms with Gasteiger partial charge < -0.3 is 14.4 Å². The predicted molar refractivity (Wildman–Crippen MR) is 147 cm³/mol. The quantitative estimate of drug-likeness (QED) is 0.423. The molecule has 7 nitrogen and oxygen atoms in total. The van der Waals surface area contributed by atoms with Crippen molar-refractivity contribution in [3.63, 3.8) is 0 Å². The summed E-state index contributed by atoms with van der Waals surface area (Å²) >= 11 is 1.55. The van der Waals surface area contributed by atoms with Crippen LogP contribution in [0.3, 0.4) is 0 Å². The van der Waals surface area contributed by atoms with E-state index in [1.165, 1.54) is 5.56 Å². The summed E-state index contributed by atoms with van der Waals surface area (Å²) in [4.78, 5) is 29.9. The molecule has 38 heavy (non-hydrogen) atoms. The highest BCUT2D eigenvalue weighted by molar-refractivity contribution is 7.91. The zero-order chi connectivity index (χ0) is 27.3. The lowest BCUT2D eigenvalue weighted by molar-refractivity contribution is -0.148. The molecule has 0 unspecified atom stereocenters. The molecule has 2 spiro atoms. The smallest absolute Gasteiger partial charge is 0.410 e. The van der Waals surface area contributed by atoms with E-state index in [4.69, 9.17) is 9.47 Å². The molecule has 2 fully saturated rings. The van der Waals surface area contributed by atoms with E-state index in [0.717, 1.165) is 34.6 Å². The molecule has 0 bridgehead atoms. The summed E-state index contributed by atoms with van der Waals surface area (Å²) in [5.74, 6) is 0.167. The molecule has 1 aromatic carbocycles. The number of hydrogen-bond donors (Lipinski definition) is 0. The maximum Gasteiger partial charge on any atom is 0.410 e. The van der Waals surface area contributed by atoms with Crippen molar-refractivity contribution in [3.05, 3.63) is 51.2 Å². The third-order valence-electron chi connectivity index (χ3n) is 7.76. The lowest BCUT2D eigenvalue weighted by Gasteiger charge is -2.46. The van der Waals surface area contributed by atoms with Gasteiger partial charge in [-0.1, -0.05) is 19.1 Å². The topological polar surface area (TPSA) is 90.0 Å². The number of fused-ring (bicyclic) bond motifs is 2. The Morgan fingerprint density at radius 3 is 2.32 bits per heavy atom. The van der Waals surface area contributed by atoms with Crippen LogP contribution >= 0.6 is 11.3 Å². The third-order valence-corrected chi connectivity index (χ3v) is 10.9. The maximum absolute atomic E-state index is 13.2. The summed E-state index contributed by atoms with van der Waals surface area (Å²) in [6.07, 6.45) is 4.95. The van der Waals surface area contributed by atoms with Crippen molar-refractivity contribution in [2.75, 3.05) is 18.8 Å². The van der Waals surface area contributed by atoms with E-state index < -0.39 is 21.0 Å². The van der Waals surface area contributed by atoms with Crippen molar-refractivity contribution in [1.82, 2.24) is 4.90 Å². The Kier molecular flexibility index (Phi) is 7.02. The molecule has 1 aromatic heterocycles. The zero-order valence-corrected chi connectivity index (χ0v) is 24.3. The number of Topliss-reactive ketones (excluding diaryl/α,β-unsaturated/α-hetero) is 1. The van der Waals surface area contributed by atoms with Crippen LogP contribution in [0.4, 0.5) is 4.79 Å². The predicted octanol–water partition coefficient (Wildman–Crippen LogP) is 5.69. The van der Waals surface area contributed by atoms with Crippen molar-refractivity contribution in [3.8, 4) is 0 Å². The second-order valence-corrected chi connectivity index (χ2v) is 15.2. The molecule has 3 aliphatic rings. The number of hydrogen-bond acceptors (Lipinski definition) is 7. The first-order valence-corrected chi connectivity index (χ1v) is 16.0. The van der Waals surface area contributed by atoms with Gasteiger partial charge in [0.15, 0.2) is 15.6 Å². The summed E-state index contributed by atoms with van der Waals surface area (Å²) in [7, 11) is -3.23. The number of ether oxygens (including phenoxy) is 2. The number of piperidine rings is 1. The molecule has 1 aliphatic carbocycles. The summed E-state index contributed by atoms with van der Waals surface area (Å²) in [5, 5.41) is 0. The van der Waals surface area contributed by atoms with E-state index in [9.17, 15) is 18.0 Å². The van der Waals surface area contributed by atoms with Crippen LogP contribution in [0.2, 0.25) is 0 Å². The number of likely N-dealkylation sites (tertiary alicyclic amines) is 1. The molecule has 5 rings (SSSR count). The van der Waals surface area contributed by atoms with E-state index in [2.05, 4.69) is 6.07 Å². The van der Waals surface area contributed by atoms with Gasteiger partial charge in [-0.3, -0.25) is 4.79 Å². The molecule has 1 saturated heterocycles. The van der Waals surface area contributed by atoms with Crippen molar-refractivity contribution < 1.29 is 27.5 Å². The largest absolute Gasteiger partial charge is 0.444 e. The molecule has 2 aliphatic heterocycles. The highest BCUT2D eigenvalue weighted by atomic mass is 32.2. The van der Waals surface area contributed by atoms with Crippen LogP contribution in [-0.4, -0.2) is 55.2 Å². The Balaban J connectivity index is 1.28. The van der Waals surface area contributed by atoms with Crippen LogP contribution in [0.15, 0.2) is 35.2 Å². The van der Waals surface area contributed by atoms with E-state index >= 15 is 0 Å². The van der Waals surface area contributed by atoms with Gasteiger partial charge >= 0.3 is 6.09 Å². The van der Waals surface area contributed by atoms with Gasteiger partial charge in [-0.25, -0.2) is 13.2 Å². The first-order valence-electron chi connectivity index (χ1n) is 13.5. The monoisotopic (exact) mass is 559 g/mol. The molecule has 1 amide bonds. The Morgan fingerprint density at radius 1 is 1.08 bits per heavy atom. The minimum atomic E-state index is -3.23. The van der Waals surface area contributed by atoms with Gasteiger partial charge in [-0.2, -0.15) is 0 Å². The summed E-state index contributed by atoms with van der Waals surface area (Å²) in [6.45, 7) is 8.39. The van der Waals surface area contributed by atoms with Gasteiger partial charge in [0.1, 0.15) is 11.2 Å². The SMILES string of the molecule is CCS(=O)(=O)c1ccc(CCC(=O)c2cc3c(s2)C2(CCN(C(=O)OC(C)(C)C)CC2)OC2(CC2)C3)cc1. The van der Waals surface area contributed by atoms with E-state index in [1.807, 2.05) is 20.8 Å². The Labute approximate surface area is 229 Å². The maximum atomic E-state index is 13.2. The van der Waals surface area contributed by atoms with Crippen LogP contribution in [0, 0.1) is 0 Å². The highest BCUT2D eigenvalue weighted by Gasteiger charge is 2.56. The van der Waals surface area contributed by atoms with Crippen LogP contribution in [0.25, 0.3) is 0 Å². The highest BCUT2D eigenvalue weighted by Crippen LogP contribution is 2.57. The van der Waals surface area contributed by atoms with E-state index in [0.29, 0.717) is 43.7 Å². The van der Waals surface area contributed by atoms with E-state index in [-0.39, 0.29) is 23.2 Å². The summed E-state index contributed by atoms with van der Waals surface area (Å²) < 4.78 is 36.5. The molecular weight excluding hydrogens is 522 g/mol. The van der Waals surface area contributed by atoms with Crippen LogP contribution in [0.1, 0.15) is 85.5 Å².